The molecular formula is C19H22Cl2N2O2. The maximum Gasteiger partial charge on any atom is 0.129 e. The molecule has 0 amide bonds. The van der Waals surface area contributed by atoms with Gasteiger partial charge in [0.15, 0.2) is 0 Å². The van der Waals surface area contributed by atoms with E-state index < -0.39 is 0 Å². The van der Waals surface area contributed by atoms with E-state index in [1.165, 1.54) is 5.57 Å². The van der Waals surface area contributed by atoms with Gasteiger partial charge in [0, 0.05) is 36.1 Å². The molecule has 2 aromatic rings. The average Bonchev–Trinajstić information content (AvgIpc) is 2.63. The fourth-order valence-electron chi connectivity index (χ4n) is 2.73. The minimum Gasteiger partial charge on any atom is -0.497 e. The van der Waals surface area contributed by atoms with Crippen molar-refractivity contribution in [2.24, 2.45) is 4.99 Å². The van der Waals surface area contributed by atoms with Crippen LogP contribution in [-0.4, -0.2) is 31.5 Å². The summed E-state index contributed by atoms with van der Waals surface area (Å²) in [6, 6.07) is 9.85. The highest BCUT2D eigenvalue weighted by Crippen LogP contribution is 2.29. The Bertz CT molecular complexity index is 746. The van der Waals surface area contributed by atoms with Gasteiger partial charge in [-0.05, 0) is 48.8 Å². The van der Waals surface area contributed by atoms with Crippen LogP contribution in [0.2, 0.25) is 0 Å². The molecule has 0 bridgehead atoms. The highest BCUT2D eigenvalue weighted by Gasteiger charge is 2.15. The van der Waals surface area contributed by atoms with Crippen LogP contribution in [0.15, 0.2) is 53.3 Å². The molecule has 6 heteroatoms. The number of halogens is 2. The number of hydrogen-bond acceptors (Lipinski definition) is 4. The molecule has 4 nitrogen and oxygen atoms in total. The van der Waals surface area contributed by atoms with E-state index in [1.54, 1.807) is 20.4 Å². The molecule has 3 rings (SSSR count). The predicted molar refractivity (Wildman–Crippen MR) is 107 cm³/mol. The van der Waals surface area contributed by atoms with Crippen LogP contribution in [0.5, 0.6) is 11.5 Å². The van der Waals surface area contributed by atoms with E-state index in [0.717, 1.165) is 47.7 Å². The summed E-state index contributed by atoms with van der Waals surface area (Å²) >= 11 is 0. The fourth-order valence-corrected chi connectivity index (χ4v) is 2.73. The third kappa shape index (κ3) is 4.97. The maximum absolute atomic E-state index is 5.49. The molecule has 1 aliphatic rings. The lowest BCUT2D eigenvalue weighted by Gasteiger charge is -2.17. The van der Waals surface area contributed by atoms with Crippen LogP contribution in [0.3, 0.4) is 0 Å². The number of methoxy groups -OCH3 is 2. The van der Waals surface area contributed by atoms with Gasteiger partial charge >= 0.3 is 0 Å². The molecule has 0 saturated heterocycles. The third-order valence-electron chi connectivity index (χ3n) is 3.88. The number of ether oxygens (including phenoxy) is 2. The van der Waals surface area contributed by atoms with Crippen LogP contribution in [-0.2, 0) is 0 Å². The van der Waals surface area contributed by atoms with Crippen molar-refractivity contribution in [2.45, 2.75) is 12.8 Å². The zero-order valence-electron chi connectivity index (χ0n) is 14.3. The van der Waals surface area contributed by atoms with Crippen molar-refractivity contribution in [2.75, 3.05) is 20.8 Å². The van der Waals surface area contributed by atoms with Crippen LogP contribution in [0.4, 0.5) is 0 Å². The van der Waals surface area contributed by atoms with Gasteiger partial charge in [0.05, 0.1) is 19.9 Å². The zero-order chi connectivity index (χ0) is 16.1. The summed E-state index contributed by atoms with van der Waals surface area (Å²) in [5.74, 6) is 1.58. The highest BCUT2D eigenvalue weighted by atomic mass is 35.5. The largest absolute Gasteiger partial charge is 0.497 e. The lowest BCUT2D eigenvalue weighted by molar-refractivity contribution is 0.393. The summed E-state index contributed by atoms with van der Waals surface area (Å²) in [5, 5.41) is 0. The van der Waals surface area contributed by atoms with Gasteiger partial charge in [-0.3, -0.25) is 9.98 Å². The average molecular weight is 381 g/mol. The molecular weight excluding hydrogens is 359 g/mol. The molecule has 0 saturated carbocycles. The molecule has 0 N–H and O–H groups in total. The first kappa shape index (κ1) is 21.0. The molecule has 134 valence electrons. The Kier molecular flexibility index (Phi) is 8.46. The number of allylic oxidation sites excluding steroid dienone is 1. The van der Waals surface area contributed by atoms with Crippen molar-refractivity contribution >= 4 is 36.6 Å². The number of pyridine rings is 1. The van der Waals surface area contributed by atoms with Gasteiger partial charge in [-0.15, -0.1) is 24.8 Å². The van der Waals surface area contributed by atoms with Crippen molar-refractivity contribution in [1.82, 2.24) is 4.98 Å². The Morgan fingerprint density at radius 1 is 1.08 bits per heavy atom. The van der Waals surface area contributed by atoms with Gasteiger partial charge < -0.3 is 9.47 Å². The SMILES string of the molecule is COc1ccc(/C=C2/CCCN=C2c2cccnc2)c(OC)c1.Cl.Cl. The van der Waals surface area contributed by atoms with E-state index in [0.29, 0.717) is 0 Å². The lowest BCUT2D eigenvalue weighted by atomic mass is 9.94. The first-order valence-corrected chi connectivity index (χ1v) is 7.69. The van der Waals surface area contributed by atoms with E-state index in [4.69, 9.17) is 14.5 Å². The zero-order valence-corrected chi connectivity index (χ0v) is 15.9. The Balaban J connectivity index is 0.00000156. The summed E-state index contributed by atoms with van der Waals surface area (Å²) in [7, 11) is 3.33. The van der Waals surface area contributed by atoms with Crippen LogP contribution in [0.25, 0.3) is 6.08 Å². The monoisotopic (exact) mass is 380 g/mol. The Morgan fingerprint density at radius 2 is 1.92 bits per heavy atom. The number of benzene rings is 1. The highest BCUT2D eigenvalue weighted by molar-refractivity contribution is 6.15. The Morgan fingerprint density at radius 3 is 2.60 bits per heavy atom. The van der Waals surface area contributed by atoms with Gasteiger partial charge in [-0.25, -0.2) is 0 Å². The van der Waals surface area contributed by atoms with Crippen LogP contribution in [0, 0.1) is 0 Å². The summed E-state index contributed by atoms with van der Waals surface area (Å²) in [5.41, 5.74) is 4.34. The lowest BCUT2D eigenvalue weighted by Crippen LogP contribution is -2.12. The maximum atomic E-state index is 5.49. The summed E-state index contributed by atoms with van der Waals surface area (Å²) in [6.07, 6.45) is 7.87. The second-order valence-electron chi connectivity index (χ2n) is 5.35. The van der Waals surface area contributed by atoms with Crippen LogP contribution in [0.1, 0.15) is 24.0 Å². The van der Waals surface area contributed by atoms with E-state index >= 15 is 0 Å². The van der Waals surface area contributed by atoms with Gasteiger partial charge in [-0.1, -0.05) is 0 Å². The summed E-state index contributed by atoms with van der Waals surface area (Å²) in [4.78, 5) is 8.92. The quantitative estimate of drug-likeness (QED) is 0.777. The first-order chi connectivity index (χ1) is 11.3. The molecule has 25 heavy (non-hydrogen) atoms. The second-order valence-corrected chi connectivity index (χ2v) is 5.35. The topological polar surface area (TPSA) is 43.7 Å². The van der Waals surface area contributed by atoms with Gasteiger partial charge in [0.25, 0.3) is 0 Å². The van der Waals surface area contributed by atoms with Crippen molar-refractivity contribution < 1.29 is 9.47 Å². The van der Waals surface area contributed by atoms with E-state index in [9.17, 15) is 0 Å². The van der Waals surface area contributed by atoms with E-state index in [1.807, 2.05) is 30.5 Å². The first-order valence-electron chi connectivity index (χ1n) is 7.69. The van der Waals surface area contributed by atoms with Gasteiger partial charge in [0.2, 0.25) is 0 Å². The second kappa shape index (κ2) is 10.1. The van der Waals surface area contributed by atoms with E-state index in [2.05, 4.69) is 17.1 Å². The molecule has 0 aliphatic carbocycles. The number of rotatable bonds is 4. The van der Waals surface area contributed by atoms with Crippen molar-refractivity contribution in [3.8, 4) is 11.5 Å². The molecule has 1 aromatic heterocycles. The minimum absolute atomic E-state index is 0. The summed E-state index contributed by atoms with van der Waals surface area (Å²) < 4.78 is 10.8. The normalized spacial score (nSPS) is 14.8. The van der Waals surface area contributed by atoms with Crippen LogP contribution >= 0.6 is 24.8 Å². The predicted octanol–water partition coefficient (Wildman–Crippen LogP) is 4.61. The van der Waals surface area contributed by atoms with Crippen molar-refractivity contribution in [1.29, 1.82) is 0 Å². The molecule has 1 aliphatic heterocycles. The molecule has 0 unspecified atom stereocenters. The smallest absolute Gasteiger partial charge is 0.129 e. The van der Waals surface area contributed by atoms with Crippen molar-refractivity contribution in [3.05, 3.63) is 59.4 Å². The van der Waals surface area contributed by atoms with Crippen molar-refractivity contribution in [3.63, 3.8) is 0 Å². The number of hydrogen-bond donors (Lipinski definition) is 0. The Hall–Kier alpha value is -2.04. The molecule has 1 aromatic carbocycles. The molecule has 0 radical (unpaired) electrons. The molecule has 0 spiro atoms. The standard InChI is InChI=1S/C19H20N2O2.2ClH/c1-22-17-8-7-14(18(12-17)23-2)11-15-5-4-10-21-19(15)16-6-3-9-20-13-16;;/h3,6-9,11-13H,4-5,10H2,1-2H3;2*1H/b15-11-;;. The summed E-state index contributed by atoms with van der Waals surface area (Å²) in [6.45, 7) is 0.862. The number of aromatic nitrogens is 1. The molecule has 0 atom stereocenters. The molecule has 2 heterocycles. The van der Waals surface area contributed by atoms with Gasteiger partial charge in [-0.2, -0.15) is 0 Å². The number of nitrogens with zero attached hydrogens (tertiary/aromatic N) is 2. The Labute approximate surface area is 160 Å². The van der Waals surface area contributed by atoms with E-state index in [-0.39, 0.29) is 24.8 Å². The fraction of sp³-hybridized carbons (Fsp3) is 0.263. The van der Waals surface area contributed by atoms with Gasteiger partial charge in [0.1, 0.15) is 11.5 Å². The number of aliphatic imine (C=N–C) groups is 1. The third-order valence-corrected chi connectivity index (χ3v) is 3.88. The van der Waals surface area contributed by atoms with Crippen LogP contribution < -0.4 is 9.47 Å². The molecule has 0 fully saturated rings. The minimum atomic E-state index is 0.